The van der Waals surface area contributed by atoms with Crippen LogP contribution in [0.5, 0.6) is 0 Å². The molecular formula is C13H22N2O5. The molecule has 7 heteroatoms. The van der Waals surface area contributed by atoms with Gasteiger partial charge in [0.2, 0.25) is 5.91 Å². The van der Waals surface area contributed by atoms with Gasteiger partial charge in [0.05, 0.1) is 0 Å². The molecule has 2 amide bonds. The average Bonchev–Trinajstić information content (AvgIpc) is 2.23. The normalized spacial score (nSPS) is 12.8. The minimum absolute atomic E-state index is 0.317. The van der Waals surface area contributed by atoms with Crippen molar-refractivity contribution in [2.45, 2.75) is 45.8 Å². The fourth-order valence-electron chi connectivity index (χ4n) is 1.22. The van der Waals surface area contributed by atoms with E-state index in [2.05, 4.69) is 10.6 Å². The van der Waals surface area contributed by atoms with Gasteiger partial charge in [0.1, 0.15) is 11.6 Å². The topological polar surface area (TPSA) is 105 Å². The molecule has 20 heavy (non-hydrogen) atoms. The van der Waals surface area contributed by atoms with Crippen LogP contribution in [0, 0.1) is 0 Å². The third-order valence-electron chi connectivity index (χ3n) is 1.93. The SMILES string of the molecule is CC(=O)NC(C=CCCNC(=O)OC(C)(C)C)C(=O)O. The van der Waals surface area contributed by atoms with Crippen LogP contribution >= 0.6 is 0 Å². The van der Waals surface area contributed by atoms with Crippen LogP contribution in [0.4, 0.5) is 4.79 Å². The molecular weight excluding hydrogens is 264 g/mol. The maximum Gasteiger partial charge on any atom is 0.407 e. The molecule has 0 heterocycles. The number of rotatable bonds is 6. The Morgan fingerprint density at radius 2 is 1.90 bits per heavy atom. The number of alkyl carbamates (subject to hydrolysis) is 1. The monoisotopic (exact) mass is 286 g/mol. The van der Waals surface area contributed by atoms with E-state index in [1.54, 1.807) is 26.8 Å². The molecule has 0 saturated carbocycles. The first-order valence-electron chi connectivity index (χ1n) is 6.25. The lowest BCUT2D eigenvalue weighted by molar-refractivity contribution is -0.140. The third-order valence-corrected chi connectivity index (χ3v) is 1.93. The van der Waals surface area contributed by atoms with Crippen LogP contribution in [-0.2, 0) is 14.3 Å². The first-order valence-corrected chi connectivity index (χ1v) is 6.25. The highest BCUT2D eigenvalue weighted by atomic mass is 16.6. The average molecular weight is 286 g/mol. The van der Waals surface area contributed by atoms with Crippen molar-refractivity contribution in [1.82, 2.24) is 10.6 Å². The largest absolute Gasteiger partial charge is 0.479 e. The zero-order valence-electron chi connectivity index (χ0n) is 12.2. The highest BCUT2D eigenvalue weighted by Gasteiger charge is 2.15. The Morgan fingerprint density at radius 3 is 2.35 bits per heavy atom. The van der Waals surface area contributed by atoms with Crippen LogP contribution in [0.2, 0.25) is 0 Å². The second-order valence-corrected chi connectivity index (χ2v) is 5.16. The molecule has 0 aromatic heterocycles. The van der Waals surface area contributed by atoms with Gasteiger partial charge in [-0.05, 0) is 27.2 Å². The number of carbonyl (C=O) groups is 3. The summed E-state index contributed by atoms with van der Waals surface area (Å²) < 4.78 is 5.03. The van der Waals surface area contributed by atoms with E-state index in [0.717, 1.165) is 0 Å². The van der Waals surface area contributed by atoms with Crippen LogP contribution in [0.25, 0.3) is 0 Å². The van der Waals surface area contributed by atoms with Crippen molar-refractivity contribution in [3.63, 3.8) is 0 Å². The lowest BCUT2D eigenvalue weighted by Crippen LogP contribution is -2.38. The summed E-state index contributed by atoms with van der Waals surface area (Å²) in [5, 5.41) is 13.6. The van der Waals surface area contributed by atoms with Gasteiger partial charge < -0.3 is 20.5 Å². The molecule has 0 rings (SSSR count). The van der Waals surface area contributed by atoms with Gasteiger partial charge in [-0.2, -0.15) is 0 Å². The molecule has 3 N–H and O–H groups in total. The molecule has 0 aliphatic carbocycles. The van der Waals surface area contributed by atoms with Crippen molar-refractivity contribution < 1.29 is 24.2 Å². The Hall–Kier alpha value is -2.05. The van der Waals surface area contributed by atoms with E-state index in [-0.39, 0.29) is 0 Å². The summed E-state index contributed by atoms with van der Waals surface area (Å²) in [6.07, 6.45) is 2.84. The summed E-state index contributed by atoms with van der Waals surface area (Å²) >= 11 is 0. The summed E-state index contributed by atoms with van der Waals surface area (Å²) in [4.78, 5) is 32.9. The fourth-order valence-corrected chi connectivity index (χ4v) is 1.22. The van der Waals surface area contributed by atoms with Crippen molar-refractivity contribution in [2.24, 2.45) is 0 Å². The predicted octanol–water partition coefficient (Wildman–Crippen LogP) is 1.05. The van der Waals surface area contributed by atoms with Crippen LogP contribution in [0.15, 0.2) is 12.2 Å². The molecule has 0 spiro atoms. The van der Waals surface area contributed by atoms with Crippen molar-refractivity contribution in [3.8, 4) is 0 Å². The number of hydrogen-bond acceptors (Lipinski definition) is 4. The van der Waals surface area contributed by atoms with Crippen LogP contribution in [0.3, 0.4) is 0 Å². The van der Waals surface area contributed by atoms with E-state index in [9.17, 15) is 14.4 Å². The van der Waals surface area contributed by atoms with Crippen LogP contribution < -0.4 is 10.6 Å². The molecule has 0 bridgehead atoms. The summed E-state index contributed by atoms with van der Waals surface area (Å²) in [6.45, 7) is 6.85. The summed E-state index contributed by atoms with van der Waals surface area (Å²) in [5.74, 6) is -1.56. The minimum Gasteiger partial charge on any atom is -0.479 e. The Balaban J connectivity index is 4.03. The zero-order valence-corrected chi connectivity index (χ0v) is 12.2. The van der Waals surface area contributed by atoms with E-state index in [1.165, 1.54) is 13.0 Å². The molecule has 0 fully saturated rings. The lowest BCUT2D eigenvalue weighted by atomic mass is 10.2. The van der Waals surface area contributed by atoms with Gasteiger partial charge in [-0.1, -0.05) is 12.2 Å². The van der Waals surface area contributed by atoms with Crippen molar-refractivity contribution in [2.75, 3.05) is 6.54 Å². The molecule has 0 radical (unpaired) electrons. The highest BCUT2D eigenvalue weighted by molar-refractivity contribution is 5.83. The molecule has 0 aliphatic heterocycles. The van der Waals surface area contributed by atoms with Crippen molar-refractivity contribution >= 4 is 18.0 Å². The van der Waals surface area contributed by atoms with Crippen LogP contribution in [-0.4, -0.2) is 41.3 Å². The van der Waals surface area contributed by atoms with Gasteiger partial charge in [-0.15, -0.1) is 0 Å². The Morgan fingerprint density at radius 1 is 1.30 bits per heavy atom. The number of nitrogens with one attached hydrogen (secondary N) is 2. The molecule has 114 valence electrons. The first kappa shape index (κ1) is 17.9. The number of carboxylic acids is 1. The maximum absolute atomic E-state index is 11.3. The summed E-state index contributed by atoms with van der Waals surface area (Å²) in [6, 6.07) is -1.06. The number of aliphatic carboxylic acids is 1. The second kappa shape index (κ2) is 8.19. The molecule has 1 atom stereocenters. The van der Waals surface area contributed by atoms with Gasteiger partial charge in [-0.3, -0.25) is 4.79 Å². The molecule has 1 unspecified atom stereocenters. The Labute approximate surface area is 118 Å². The Kier molecular flexibility index (Phi) is 7.35. The molecule has 0 aliphatic rings. The van der Waals surface area contributed by atoms with E-state index < -0.39 is 29.6 Å². The molecule has 0 saturated heterocycles. The van der Waals surface area contributed by atoms with E-state index in [0.29, 0.717) is 13.0 Å². The number of amides is 2. The number of hydrogen-bond donors (Lipinski definition) is 3. The van der Waals surface area contributed by atoms with Crippen molar-refractivity contribution in [3.05, 3.63) is 12.2 Å². The van der Waals surface area contributed by atoms with Gasteiger partial charge in [0, 0.05) is 13.5 Å². The molecule has 0 aromatic rings. The van der Waals surface area contributed by atoms with Gasteiger partial charge in [0.25, 0.3) is 0 Å². The van der Waals surface area contributed by atoms with Crippen molar-refractivity contribution in [1.29, 1.82) is 0 Å². The minimum atomic E-state index is -1.14. The zero-order chi connectivity index (χ0) is 15.8. The lowest BCUT2D eigenvalue weighted by Gasteiger charge is -2.19. The summed E-state index contributed by atoms with van der Waals surface area (Å²) in [5.41, 5.74) is -0.556. The number of carboxylic acid groups (broad SMARTS) is 1. The summed E-state index contributed by atoms with van der Waals surface area (Å²) in [7, 11) is 0. The fraction of sp³-hybridized carbons (Fsp3) is 0.615. The molecule has 0 aromatic carbocycles. The van der Waals surface area contributed by atoms with E-state index in [1.807, 2.05) is 0 Å². The van der Waals surface area contributed by atoms with Gasteiger partial charge in [-0.25, -0.2) is 9.59 Å². The third kappa shape index (κ3) is 9.93. The second-order valence-electron chi connectivity index (χ2n) is 5.16. The van der Waals surface area contributed by atoms with E-state index >= 15 is 0 Å². The quantitative estimate of drug-likeness (QED) is 0.500. The maximum atomic E-state index is 11.3. The van der Waals surface area contributed by atoms with E-state index in [4.69, 9.17) is 9.84 Å². The standard InChI is InChI=1S/C13H22N2O5/c1-9(16)15-10(11(17)18)7-5-6-8-14-12(19)20-13(2,3)4/h5,7,10H,6,8H2,1-4H3,(H,14,19)(H,15,16)(H,17,18). The molecule has 7 nitrogen and oxygen atoms in total. The number of ether oxygens (including phenoxy) is 1. The predicted molar refractivity (Wildman–Crippen MR) is 73.2 cm³/mol. The van der Waals surface area contributed by atoms with Gasteiger partial charge in [0.15, 0.2) is 0 Å². The first-order chi connectivity index (χ1) is 9.11. The smallest absolute Gasteiger partial charge is 0.407 e. The highest BCUT2D eigenvalue weighted by Crippen LogP contribution is 2.06. The van der Waals surface area contributed by atoms with Gasteiger partial charge >= 0.3 is 12.1 Å². The van der Waals surface area contributed by atoms with Crippen LogP contribution in [0.1, 0.15) is 34.1 Å². The number of carbonyl (C=O) groups excluding carboxylic acids is 2. The Bertz CT molecular complexity index is 385.